The Labute approximate surface area is 199 Å². The molecule has 5 rings (SSSR count). The third kappa shape index (κ3) is 3.62. The summed E-state index contributed by atoms with van der Waals surface area (Å²) in [5, 5.41) is 2.62. The maximum Gasteiger partial charge on any atom is 0.412 e. The van der Waals surface area contributed by atoms with Crippen LogP contribution in [0.15, 0.2) is 47.6 Å². The lowest BCUT2D eigenvalue weighted by Gasteiger charge is -2.57. The van der Waals surface area contributed by atoms with Crippen molar-refractivity contribution in [1.29, 1.82) is 0 Å². The van der Waals surface area contributed by atoms with Crippen LogP contribution in [0.4, 0.5) is 14.9 Å². The molecule has 6 heteroatoms. The first kappa shape index (κ1) is 23.0. The van der Waals surface area contributed by atoms with Crippen molar-refractivity contribution in [3.63, 3.8) is 0 Å². The molecule has 2 saturated carbocycles. The Morgan fingerprint density at radius 2 is 1.76 bits per heavy atom. The molecule has 0 spiro atoms. The molecule has 4 aliphatic rings. The van der Waals surface area contributed by atoms with Crippen LogP contribution in [0.3, 0.4) is 0 Å². The van der Waals surface area contributed by atoms with Crippen molar-refractivity contribution >= 4 is 23.3 Å². The van der Waals surface area contributed by atoms with Crippen molar-refractivity contribution in [2.24, 2.45) is 28.6 Å². The van der Waals surface area contributed by atoms with Crippen LogP contribution in [0.2, 0.25) is 0 Å². The number of benzene rings is 1. The highest BCUT2D eigenvalue weighted by Gasteiger charge is 2.59. The van der Waals surface area contributed by atoms with E-state index < -0.39 is 12.2 Å². The topological polar surface area (TPSA) is 72.5 Å². The molecule has 1 N–H and O–H groups in total. The quantitative estimate of drug-likeness (QED) is 0.593. The number of nitrogens with one attached hydrogen (secondary N) is 1. The first-order chi connectivity index (χ1) is 16.1. The molecule has 1 aromatic carbocycles. The van der Waals surface area contributed by atoms with E-state index in [9.17, 15) is 18.8 Å². The van der Waals surface area contributed by atoms with E-state index in [1.807, 2.05) is 6.08 Å². The minimum Gasteiger partial charge on any atom is -0.442 e. The average Bonchev–Trinajstić information content (AvgIpc) is 3.14. The molecule has 1 aromatic rings. The van der Waals surface area contributed by atoms with Gasteiger partial charge < -0.3 is 4.74 Å². The molecule has 0 heterocycles. The fourth-order valence-corrected chi connectivity index (χ4v) is 7.54. The number of carbonyl (C=O) groups is 3. The minimum absolute atomic E-state index is 0.121. The van der Waals surface area contributed by atoms with Crippen LogP contribution in [0.25, 0.3) is 0 Å². The Morgan fingerprint density at radius 1 is 1.06 bits per heavy atom. The van der Waals surface area contributed by atoms with Crippen molar-refractivity contribution in [2.45, 2.75) is 65.4 Å². The number of hydrogen-bond donors (Lipinski definition) is 1. The number of ether oxygens (including phenoxy) is 1. The van der Waals surface area contributed by atoms with E-state index in [1.54, 1.807) is 6.92 Å². The molecule has 2 fully saturated rings. The van der Waals surface area contributed by atoms with E-state index in [2.05, 4.69) is 25.2 Å². The number of halogens is 1. The van der Waals surface area contributed by atoms with Gasteiger partial charge in [-0.3, -0.25) is 14.9 Å². The van der Waals surface area contributed by atoms with Gasteiger partial charge in [-0.05, 0) is 104 Å². The van der Waals surface area contributed by atoms with Crippen LogP contribution in [0, 0.1) is 34.4 Å². The Bertz CT molecular complexity index is 1110. The zero-order valence-corrected chi connectivity index (χ0v) is 20.0. The first-order valence-electron chi connectivity index (χ1n) is 12.3. The molecule has 6 atom stereocenters. The van der Waals surface area contributed by atoms with Crippen LogP contribution in [0.1, 0.15) is 59.3 Å². The van der Waals surface area contributed by atoms with Gasteiger partial charge in [0.25, 0.3) is 0 Å². The van der Waals surface area contributed by atoms with Crippen LogP contribution in [0.5, 0.6) is 0 Å². The molecule has 0 unspecified atom stereocenters. The number of hydrogen-bond acceptors (Lipinski definition) is 4. The van der Waals surface area contributed by atoms with Gasteiger partial charge in [0.2, 0.25) is 0 Å². The summed E-state index contributed by atoms with van der Waals surface area (Å²) in [6.45, 7) is 6.09. The second-order valence-electron chi connectivity index (χ2n) is 11.0. The zero-order chi connectivity index (χ0) is 24.3. The van der Waals surface area contributed by atoms with Crippen molar-refractivity contribution in [1.82, 2.24) is 0 Å². The van der Waals surface area contributed by atoms with Crippen LogP contribution in [-0.2, 0) is 14.3 Å². The molecule has 0 radical (unpaired) electrons. The van der Waals surface area contributed by atoms with Gasteiger partial charge in [-0.25, -0.2) is 9.18 Å². The maximum atomic E-state index is 13.4. The third-order valence-electron chi connectivity index (χ3n) is 9.20. The summed E-state index contributed by atoms with van der Waals surface area (Å²) < 4.78 is 18.7. The Morgan fingerprint density at radius 3 is 2.47 bits per heavy atom. The Kier molecular flexibility index (Phi) is 5.53. The number of Topliss-reactive ketones (excluding diaryl/α,β-unsaturated/α-hetero) is 2. The van der Waals surface area contributed by atoms with Gasteiger partial charge in [0, 0.05) is 17.7 Å². The van der Waals surface area contributed by atoms with Gasteiger partial charge in [0.05, 0.1) is 0 Å². The minimum atomic E-state index is -0.611. The summed E-state index contributed by atoms with van der Waals surface area (Å²) >= 11 is 0. The number of rotatable bonds is 3. The average molecular weight is 466 g/mol. The Balaban J connectivity index is 1.32. The normalized spacial score (nSPS) is 36.4. The molecule has 34 heavy (non-hydrogen) atoms. The van der Waals surface area contributed by atoms with E-state index in [4.69, 9.17) is 4.74 Å². The Hall–Kier alpha value is -2.76. The molecule has 0 aromatic heterocycles. The SMILES string of the molecule is CC(=O)C1=CC[C@H]2[C@@H]3CC(=O)C4=C[C@@H](OC(=O)Nc5ccc(F)cc5)CC[C@]4(C)[C@H]3CC[C@]12C. The monoisotopic (exact) mass is 465 g/mol. The molecule has 5 nitrogen and oxygen atoms in total. The second kappa shape index (κ2) is 8.17. The number of ketones is 2. The smallest absolute Gasteiger partial charge is 0.412 e. The van der Waals surface area contributed by atoms with Gasteiger partial charge in [-0.2, -0.15) is 0 Å². The summed E-state index contributed by atoms with van der Waals surface area (Å²) in [5.74, 6) is 0.940. The molecular weight excluding hydrogens is 433 g/mol. The van der Waals surface area contributed by atoms with E-state index >= 15 is 0 Å². The fourth-order valence-electron chi connectivity index (χ4n) is 7.54. The largest absolute Gasteiger partial charge is 0.442 e. The summed E-state index contributed by atoms with van der Waals surface area (Å²) in [5.41, 5.74) is 1.87. The maximum absolute atomic E-state index is 13.4. The lowest BCUT2D eigenvalue weighted by molar-refractivity contribution is -0.128. The van der Waals surface area contributed by atoms with Crippen LogP contribution >= 0.6 is 0 Å². The first-order valence-corrected chi connectivity index (χ1v) is 12.3. The number of fused-ring (bicyclic) bond motifs is 5. The highest BCUT2D eigenvalue weighted by atomic mass is 19.1. The third-order valence-corrected chi connectivity index (χ3v) is 9.20. The highest BCUT2D eigenvalue weighted by Crippen LogP contribution is 2.64. The second-order valence-corrected chi connectivity index (χ2v) is 11.0. The van der Waals surface area contributed by atoms with Crippen molar-refractivity contribution in [3.05, 3.63) is 53.4 Å². The van der Waals surface area contributed by atoms with Crippen molar-refractivity contribution in [2.75, 3.05) is 5.32 Å². The van der Waals surface area contributed by atoms with Gasteiger partial charge in [0.15, 0.2) is 11.6 Å². The summed E-state index contributed by atoms with van der Waals surface area (Å²) in [4.78, 5) is 38.1. The van der Waals surface area contributed by atoms with Crippen LogP contribution < -0.4 is 5.32 Å². The van der Waals surface area contributed by atoms with Crippen molar-refractivity contribution in [3.8, 4) is 0 Å². The molecule has 4 aliphatic carbocycles. The number of amides is 1. The summed E-state index contributed by atoms with van der Waals surface area (Å²) in [7, 11) is 0. The fraction of sp³-hybridized carbons (Fsp3) is 0.536. The van der Waals surface area contributed by atoms with Crippen molar-refractivity contribution < 1.29 is 23.5 Å². The van der Waals surface area contributed by atoms with Crippen LogP contribution in [-0.4, -0.2) is 23.8 Å². The van der Waals surface area contributed by atoms with E-state index in [0.29, 0.717) is 30.4 Å². The molecule has 0 saturated heterocycles. The van der Waals surface area contributed by atoms with Gasteiger partial charge in [0.1, 0.15) is 11.9 Å². The molecule has 180 valence electrons. The predicted molar refractivity (Wildman–Crippen MR) is 127 cm³/mol. The van der Waals surface area contributed by atoms with Gasteiger partial charge in [-0.1, -0.05) is 19.9 Å². The van der Waals surface area contributed by atoms with E-state index in [1.165, 1.54) is 24.3 Å². The van der Waals surface area contributed by atoms with Gasteiger partial charge >= 0.3 is 6.09 Å². The summed E-state index contributed by atoms with van der Waals surface area (Å²) in [6.07, 6.45) is 7.72. The molecular formula is C28H32FNO4. The lowest BCUT2D eigenvalue weighted by Crippen LogP contribution is -2.53. The number of anilines is 1. The summed E-state index contributed by atoms with van der Waals surface area (Å²) in [6, 6.07) is 5.50. The lowest BCUT2D eigenvalue weighted by atomic mass is 9.46. The predicted octanol–water partition coefficient (Wildman–Crippen LogP) is 6.01. The van der Waals surface area contributed by atoms with E-state index in [-0.39, 0.29) is 34.1 Å². The van der Waals surface area contributed by atoms with E-state index in [0.717, 1.165) is 36.8 Å². The highest BCUT2D eigenvalue weighted by molar-refractivity contribution is 5.99. The molecule has 0 aliphatic heterocycles. The number of carbonyl (C=O) groups excluding carboxylic acids is 3. The zero-order valence-electron chi connectivity index (χ0n) is 20.0. The van der Waals surface area contributed by atoms with Gasteiger partial charge in [-0.15, -0.1) is 0 Å². The standard InChI is InChI=1S/C28H32FNO4/c1-16(31)21-8-9-22-20-15-25(32)24-14-19(34-26(33)30-18-6-4-17(29)5-7-18)10-12-28(24,3)23(20)11-13-27(21,22)2/h4-8,14,19-20,22-23H,9-13,15H2,1-3H3,(H,30,33)/t19-,20-,22-,23-,27+,28+/m0/s1. The number of allylic oxidation sites excluding steroid dienone is 3. The molecule has 1 amide bonds. The molecule has 0 bridgehead atoms.